The number of nitrogens with one attached hydrogen (secondary N) is 2. The summed E-state index contributed by atoms with van der Waals surface area (Å²) < 4.78 is 17.3. The Morgan fingerprint density at radius 3 is 2.48 bits per heavy atom. The molecule has 31 heavy (non-hydrogen) atoms. The minimum atomic E-state index is -0.379. The molecule has 2 aromatic carbocycles. The minimum absolute atomic E-state index is 0.198. The lowest BCUT2D eigenvalue weighted by atomic mass is 10.2. The molecule has 0 aliphatic heterocycles. The molecule has 158 valence electrons. The quantitative estimate of drug-likeness (QED) is 0.364. The van der Waals surface area contributed by atoms with Crippen LogP contribution in [-0.4, -0.2) is 24.7 Å². The maximum atomic E-state index is 14.0. The molecule has 0 aliphatic carbocycles. The van der Waals surface area contributed by atoms with Crippen LogP contribution in [0.4, 0.5) is 16.0 Å². The summed E-state index contributed by atoms with van der Waals surface area (Å²) in [5.74, 6) is 0.549. The van der Waals surface area contributed by atoms with Gasteiger partial charge in [0.1, 0.15) is 10.8 Å². The van der Waals surface area contributed by atoms with Gasteiger partial charge in [0, 0.05) is 29.0 Å². The van der Waals surface area contributed by atoms with E-state index in [4.69, 9.17) is 35.4 Å². The van der Waals surface area contributed by atoms with E-state index >= 15 is 0 Å². The summed E-state index contributed by atoms with van der Waals surface area (Å²) in [5.41, 5.74) is 1.48. The highest BCUT2D eigenvalue weighted by atomic mass is 35.5. The molecule has 0 bridgehead atoms. The Labute approximate surface area is 193 Å². The smallest absolute Gasteiger partial charge is 0.177 e. The first-order valence-electron chi connectivity index (χ1n) is 9.29. The molecule has 0 amide bonds. The first-order valence-corrected chi connectivity index (χ1v) is 10.5. The third kappa shape index (κ3) is 5.41. The Balaban J connectivity index is 1.37. The van der Waals surface area contributed by atoms with Gasteiger partial charge in [-0.2, -0.15) is 10.2 Å². The van der Waals surface area contributed by atoms with Crippen molar-refractivity contribution in [1.82, 2.24) is 19.6 Å². The molecule has 4 aromatic rings. The van der Waals surface area contributed by atoms with Crippen molar-refractivity contribution >= 4 is 52.2 Å². The van der Waals surface area contributed by atoms with E-state index in [0.29, 0.717) is 33.8 Å². The van der Waals surface area contributed by atoms with Gasteiger partial charge in [-0.1, -0.05) is 59.6 Å². The van der Waals surface area contributed by atoms with E-state index in [1.807, 2.05) is 30.3 Å². The number of benzene rings is 2. The van der Waals surface area contributed by atoms with Crippen LogP contribution >= 0.6 is 35.4 Å². The normalized spacial score (nSPS) is 10.8. The molecule has 2 aromatic heterocycles. The van der Waals surface area contributed by atoms with Gasteiger partial charge in [-0.05, 0) is 29.9 Å². The highest BCUT2D eigenvalue weighted by Crippen LogP contribution is 2.21. The van der Waals surface area contributed by atoms with E-state index in [0.717, 1.165) is 5.56 Å². The number of halogens is 3. The fraction of sp³-hybridized carbons (Fsp3) is 0.0952. The molecule has 10 heteroatoms. The predicted molar refractivity (Wildman–Crippen MR) is 125 cm³/mol. The maximum absolute atomic E-state index is 14.0. The van der Waals surface area contributed by atoms with Crippen LogP contribution in [0.2, 0.25) is 10.0 Å². The molecular weight excluding hydrogens is 458 g/mol. The zero-order valence-corrected chi connectivity index (χ0v) is 18.4. The standard InChI is InChI=1S/C21H17Cl2FN6S/c22-16-7-4-8-18(24)15(16)12-29-10-9-19(27-29)25-21(31)26-20-17(23)13-30(28-20)11-14-5-2-1-3-6-14/h1-10,13H,11-12H2,(H2,25,26,27,28,31). The van der Waals surface area contributed by atoms with Gasteiger partial charge in [0.05, 0.1) is 13.1 Å². The Hall–Kier alpha value is -2.94. The average molecular weight is 475 g/mol. The van der Waals surface area contributed by atoms with Crippen molar-refractivity contribution in [1.29, 1.82) is 0 Å². The molecule has 0 fully saturated rings. The van der Waals surface area contributed by atoms with Gasteiger partial charge in [0.2, 0.25) is 0 Å². The minimum Gasteiger partial charge on any atom is -0.316 e. The molecule has 0 saturated carbocycles. The SMILES string of the molecule is Fc1cccc(Cl)c1Cn1ccc(NC(=S)Nc2nn(Cc3ccccc3)cc2Cl)n1. The fourth-order valence-corrected chi connectivity index (χ4v) is 3.57. The highest BCUT2D eigenvalue weighted by Gasteiger charge is 2.12. The van der Waals surface area contributed by atoms with Crippen molar-refractivity contribution in [3.05, 3.63) is 94.0 Å². The number of nitrogens with zero attached hydrogens (tertiary/aromatic N) is 4. The van der Waals surface area contributed by atoms with Crippen molar-refractivity contribution in [2.24, 2.45) is 0 Å². The molecule has 2 N–H and O–H groups in total. The summed E-state index contributed by atoms with van der Waals surface area (Å²) in [6.07, 6.45) is 3.43. The molecule has 0 radical (unpaired) electrons. The van der Waals surface area contributed by atoms with E-state index in [1.54, 1.807) is 40.0 Å². The van der Waals surface area contributed by atoms with Crippen molar-refractivity contribution < 1.29 is 4.39 Å². The van der Waals surface area contributed by atoms with E-state index in [-0.39, 0.29) is 17.5 Å². The number of aromatic nitrogens is 4. The topological polar surface area (TPSA) is 59.7 Å². The van der Waals surface area contributed by atoms with Crippen LogP contribution in [0.25, 0.3) is 0 Å². The highest BCUT2D eigenvalue weighted by molar-refractivity contribution is 7.80. The fourth-order valence-electron chi connectivity index (χ4n) is 2.95. The van der Waals surface area contributed by atoms with Crippen LogP contribution in [0.15, 0.2) is 67.0 Å². The first-order chi connectivity index (χ1) is 15.0. The summed E-state index contributed by atoms with van der Waals surface area (Å²) in [5, 5.41) is 15.8. The molecule has 0 unspecified atom stereocenters. The van der Waals surface area contributed by atoms with Gasteiger partial charge in [0.15, 0.2) is 16.7 Å². The molecule has 6 nitrogen and oxygen atoms in total. The second kappa shape index (κ2) is 9.47. The predicted octanol–water partition coefficient (Wildman–Crippen LogP) is 5.43. The van der Waals surface area contributed by atoms with Gasteiger partial charge in [-0.25, -0.2) is 4.39 Å². The van der Waals surface area contributed by atoms with Crippen LogP contribution < -0.4 is 10.6 Å². The second-order valence-electron chi connectivity index (χ2n) is 6.69. The third-order valence-corrected chi connectivity index (χ3v) is 5.24. The Morgan fingerprint density at radius 2 is 1.71 bits per heavy atom. The number of thiocarbonyl (C=S) groups is 1. The zero-order chi connectivity index (χ0) is 21.8. The van der Waals surface area contributed by atoms with Gasteiger partial charge < -0.3 is 10.6 Å². The summed E-state index contributed by atoms with van der Waals surface area (Å²) in [6.45, 7) is 0.786. The summed E-state index contributed by atoms with van der Waals surface area (Å²) in [6, 6.07) is 16.2. The van der Waals surface area contributed by atoms with E-state index in [9.17, 15) is 4.39 Å². The van der Waals surface area contributed by atoms with Crippen LogP contribution in [0.5, 0.6) is 0 Å². The first kappa shape index (κ1) is 21.3. The van der Waals surface area contributed by atoms with Crippen LogP contribution in [-0.2, 0) is 13.1 Å². The summed E-state index contributed by atoms with van der Waals surface area (Å²) in [4.78, 5) is 0. The average Bonchev–Trinajstić information content (AvgIpc) is 3.31. The van der Waals surface area contributed by atoms with Crippen molar-refractivity contribution in [3.63, 3.8) is 0 Å². The lowest BCUT2D eigenvalue weighted by Gasteiger charge is -2.07. The number of hydrogen-bond acceptors (Lipinski definition) is 3. The van der Waals surface area contributed by atoms with E-state index in [1.165, 1.54) is 6.07 Å². The Kier molecular flexibility index (Phi) is 6.50. The maximum Gasteiger partial charge on any atom is 0.177 e. The van der Waals surface area contributed by atoms with E-state index < -0.39 is 0 Å². The number of anilines is 2. The molecule has 0 spiro atoms. The lowest BCUT2D eigenvalue weighted by molar-refractivity contribution is 0.586. The van der Waals surface area contributed by atoms with Gasteiger partial charge in [-0.15, -0.1) is 0 Å². The Bertz CT molecular complexity index is 1190. The number of rotatable bonds is 6. The molecule has 0 atom stereocenters. The van der Waals surface area contributed by atoms with Gasteiger partial charge in [0.25, 0.3) is 0 Å². The molecule has 0 aliphatic rings. The molecule has 2 heterocycles. The Morgan fingerprint density at radius 1 is 0.903 bits per heavy atom. The summed E-state index contributed by atoms with van der Waals surface area (Å²) >= 11 is 17.7. The van der Waals surface area contributed by atoms with Crippen molar-refractivity contribution in [2.45, 2.75) is 13.1 Å². The van der Waals surface area contributed by atoms with E-state index in [2.05, 4.69) is 20.8 Å². The van der Waals surface area contributed by atoms with Gasteiger partial charge in [-0.3, -0.25) is 9.36 Å². The largest absolute Gasteiger partial charge is 0.316 e. The lowest BCUT2D eigenvalue weighted by Crippen LogP contribution is -2.20. The van der Waals surface area contributed by atoms with Crippen molar-refractivity contribution in [2.75, 3.05) is 10.6 Å². The third-order valence-electron chi connectivity index (χ3n) is 4.40. The zero-order valence-electron chi connectivity index (χ0n) is 16.1. The second-order valence-corrected chi connectivity index (χ2v) is 7.91. The molecule has 0 saturated heterocycles. The summed E-state index contributed by atoms with van der Waals surface area (Å²) in [7, 11) is 0. The monoisotopic (exact) mass is 474 g/mol. The van der Waals surface area contributed by atoms with Crippen LogP contribution in [0.1, 0.15) is 11.1 Å². The molecule has 4 rings (SSSR count). The number of hydrogen-bond donors (Lipinski definition) is 2. The van der Waals surface area contributed by atoms with Crippen molar-refractivity contribution in [3.8, 4) is 0 Å². The van der Waals surface area contributed by atoms with Crippen LogP contribution in [0.3, 0.4) is 0 Å². The molecular formula is C21H17Cl2FN6S. The van der Waals surface area contributed by atoms with Crippen LogP contribution in [0, 0.1) is 5.82 Å². The van der Waals surface area contributed by atoms with Gasteiger partial charge >= 0.3 is 0 Å².